The minimum Gasteiger partial charge on any atom is -0.321 e. The number of aryl methyl sites for hydroxylation is 1. The number of carbonyl (C=O) groups excluding carboxylic acids is 1. The lowest BCUT2D eigenvalue weighted by Crippen LogP contribution is -2.32. The van der Waals surface area contributed by atoms with E-state index in [9.17, 15) is 4.79 Å². The van der Waals surface area contributed by atoms with Crippen LogP contribution in [-0.2, 0) is 4.79 Å². The van der Waals surface area contributed by atoms with E-state index in [1.165, 1.54) is 0 Å². The molecule has 0 atom stereocenters. The second-order valence-corrected chi connectivity index (χ2v) is 6.13. The molecule has 1 saturated heterocycles. The monoisotopic (exact) mass is 333 g/mol. The van der Waals surface area contributed by atoms with E-state index in [-0.39, 0.29) is 5.91 Å². The van der Waals surface area contributed by atoms with Crippen LogP contribution in [0, 0.1) is 6.92 Å². The molecule has 1 heterocycles. The summed E-state index contributed by atoms with van der Waals surface area (Å²) in [5, 5.41) is 3.20. The van der Waals surface area contributed by atoms with Gasteiger partial charge in [-0.2, -0.15) is 0 Å². The number of nitrogens with zero attached hydrogens (tertiary/aromatic N) is 2. The topological polar surface area (TPSA) is 44.7 Å². The Morgan fingerprint density at radius 3 is 2.48 bits per heavy atom. The van der Waals surface area contributed by atoms with Crippen LogP contribution >= 0.6 is 0 Å². The SMILES string of the molecule is CCCCN=C1N/C(=C\c2ccccc2)C(=O)N1c1ccc(C)cc1. The van der Waals surface area contributed by atoms with Crippen molar-refractivity contribution in [3.63, 3.8) is 0 Å². The fraction of sp³-hybridized carbons (Fsp3) is 0.238. The predicted molar refractivity (Wildman–Crippen MR) is 103 cm³/mol. The van der Waals surface area contributed by atoms with E-state index in [0.717, 1.165) is 29.7 Å². The van der Waals surface area contributed by atoms with Gasteiger partial charge in [-0.25, -0.2) is 4.90 Å². The van der Waals surface area contributed by atoms with Crippen molar-refractivity contribution in [1.29, 1.82) is 0 Å². The molecule has 0 aromatic heterocycles. The summed E-state index contributed by atoms with van der Waals surface area (Å²) in [4.78, 5) is 19.2. The number of benzene rings is 2. The fourth-order valence-corrected chi connectivity index (χ4v) is 2.65. The minimum atomic E-state index is -0.0806. The quantitative estimate of drug-likeness (QED) is 0.660. The maximum atomic E-state index is 13.0. The van der Waals surface area contributed by atoms with E-state index in [2.05, 4.69) is 17.2 Å². The average Bonchev–Trinajstić information content (AvgIpc) is 2.93. The summed E-state index contributed by atoms with van der Waals surface area (Å²) >= 11 is 0. The van der Waals surface area contributed by atoms with Crippen LogP contribution in [0.5, 0.6) is 0 Å². The standard InChI is InChI=1S/C21H23N3O/c1-3-4-14-22-21-23-19(15-17-8-6-5-7-9-17)20(25)24(21)18-12-10-16(2)11-13-18/h5-13,15H,3-4,14H2,1-2H3,(H,22,23)/b19-15-. The number of anilines is 1. The highest BCUT2D eigenvalue weighted by atomic mass is 16.2. The van der Waals surface area contributed by atoms with Crippen molar-refractivity contribution in [2.45, 2.75) is 26.7 Å². The first-order valence-electron chi connectivity index (χ1n) is 8.68. The van der Waals surface area contributed by atoms with Gasteiger partial charge >= 0.3 is 0 Å². The first-order valence-corrected chi connectivity index (χ1v) is 8.68. The van der Waals surface area contributed by atoms with Gasteiger partial charge in [-0.1, -0.05) is 61.4 Å². The van der Waals surface area contributed by atoms with Crippen LogP contribution in [0.1, 0.15) is 30.9 Å². The average molecular weight is 333 g/mol. The Balaban J connectivity index is 1.95. The largest absolute Gasteiger partial charge is 0.321 e. The summed E-state index contributed by atoms with van der Waals surface area (Å²) in [6.45, 7) is 4.86. The number of hydrogen-bond donors (Lipinski definition) is 1. The number of unbranched alkanes of at least 4 members (excludes halogenated alkanes) is 1. The highest BCUT2D eigenvalue weighted by Gasteiger charge is 2.33. The van der Waals surface area contributed by atoms with Gasteiger partial charge in [0.2, 0.25) is 5.96 Å². The molecule has 1 aliphatic heterocycles. The molecular formula is C21H23N3O. The van der Waals surface area contributed by atoms with E-state index in [0.29, 0.717) is 18.2 Å². The zero-order valence-corrected chi connectivity index (χ0v) is 14.7. The number of nitrogens with one attached hydrogen (secondary N) is 1. The minimum absolute atomic E-state index is 0.0806. The molecule has 25 heavy (non-hydrogen) atoms. The van der Waals surface area contributed by atoms with Gasteiger partial charge in [0, 0.05) is 6.54 Å². The van der Waals surface area contributed by atoms with Gasteiger partial charge in [-0.15, -0.1) is 0 Å². The summed E-state index contributed by atoms with van der Waals surface area (Å²) < 4.78 is 0. The molecule has 128 valence electrons. The Bertz CT molecular complexity index is 792. The van der Waals surface area contributed by atoms with E-state index in [4.69, 9.17) is 0 Å². The van der Waals surface area contributed by atoms with Crippen LogP contribution in [-0.4, -0.2) is 18.4 Å². The molecule has 0 radical (unpaired) electrons. The van der Waals surface area contributed by atoms with Gasteiger partial charge < -0.3 is 5.32 Å². The van der Waals surface area contributed by atoms with Crippen LogP contribution in [0.2, 0.25) is 0 Å². The van der Waals surface area contributed by atoms with Crippen LogP contribution < -0.4 is 10.2 Å². The molecule has 4 heteroatoms. The smallest absolute Gasteiger partial charge is 0.281 e. The summed E-state index contributed by atoms with van der Waals surface area (Å²) in [6, 6.07) is 17.7. The zero-order chi connectivity index (χ0) is 17.6. The summed E-state index contributed by atoms with van der Waals surface area (Å²) in [5.74, 6) is 0.521. The summed E-state index contributed by atoms with van der Waals surface area (Å²) in [7, 11) is 0. The zero-order valence-electron chi connectivity index (χ0n) is 14.7. The molecule has 1 N–H and O–H groups in total. The number of hydrogen-bond acceptors (Lipinski definition) is 2. The third kappa shape index (κ3) is 3.97. The number of rotatable bonds is 5. The van der Waals surface area contributed by atoms with Gasteiger partial charge in [0.25, 0.3) is 5.91 Å². The van der Waals surface area contributed by atoms with E-state index < -0.39 is 0 Å². The Labute approximate surface area is 148 Å². The molecule has 0 spiro atoms. The molecule has 0 bridgehead atoms. The number of amides is 1. The third-order valence-corrected chi connectivity index (χ3v) is 4.07. The number of carbonyl (C=O) groups is 1. The molecule has 0 saturated carbocycles. The molecular weight excluding hydrogens is 310 g/mol. The normalized spacial score (nSPS) is 17.4. The van der Waals surface area contributed by atoms with Crippen molar-refractivity contribution in [2.75, 3.05) is 11.4 Å². The van der Waals surface area contributed by atoms with E-state index >= 15 is 0 Å². The Morgan fingerprint density at radius 1 is 1.08 bits per heavy atom. The summed E-state index contributed by atoms with van der Waals surface area (Å²) in [5.41, 5.74) is 3.52. The highest BCUT2D eigenvalue weighted by Crippen LogP contribution is 2.23. The van der Waals surface area contributed by atoms with Crippen LogP contribution in [0.4, 0.5) is 5.69 Å². The molecule has 1 amide bonds. The van der Waals surface area contributed by atoms with Crippen LogP contribution in [0.15, 0.2) is 65.3 Å². The molecule has 3 rings (SSSR count). The first-order chi connectivity index (χ1) is 12.2. The van der Waals surface area contributed by atoms with E-state index in [1.54, 1.807) is 4.90 Å². The maximum absolute atomic E-state index is 13.0. The molecule has 0 aliphatic carbocycles. The lowest BCUT2D eigenvalue weighted by molar-refractivity contribution is -0.113. The van der Waals surface area contributed by atoms with Crippen molar-refractivity contribution < 1.29 is 4.79 Å². The van der Waals surface area contributed by atoms with Crippen molar-refractivity contribution in [2.24, 2.45) is 4.99 Å². The van der Waals surface area contributed by atoms with Crippen molar-refractivity contribution >= 4 is 23.6 Å². The Hall–Kier alpha value is -2.88. The molecule has 4 nitrogen and oxygen atoms in total. The summed E-state index contributed by atoms with van der Waals surface area (Å²) in [6.07, 6.45) is 3.94. The highest BCUT2D eigenvalue weighted by molar-refractivity contribution is 6.29. The first kappa shape index (κ1) is 17.0. The molecule has 1 fully saturated rings. The Kier molecular flexibility index (Phi) is 5.29. The number of aliphatic imine (C=N–C) groups is 1. The van der Waals surface area contributed by atoms with Crippen molar-refractivity contribution in [3.8, 4) is 0 Å². The Morgan fingerprint density at radius 2 is 1.80 bits per heavy atom. The molecule has 1 aliphatic rings. The second-order valence-electron chi connectivity index (χ2n) is 6.13. The third-order valence-electron chi connectivity index (χ3n) is 4.07. The van der Waals surface area contributed by atoms with Crippen LogP contribution in [0.25, 0.3) is 6.08 Å². The molecule has 2 aromatic carbocycles. The second kappa shape index (κ2) is 7.79. The molecule has 0 unspecified atom stereocenters. The van der Waals surface area contributed by atoms with Gasteiger partial charge in [-0.3, -0.25) is 9.79 Å². The maximum Gasteiger partial charge on any atom is 0.281 e. The van der Waals surface area contributed by atoms with Gasteiger partial charge in [-0.05, 0) is 37.1 Å². The van der Waals surface area contributed by atoms with E-state index in [1.807, 2.05) is 67.6 Å². The van der Waals surface area contributed by atoms with Gasteiger partial charge in [0.05, 0.1) is 5.69 Å². The van der Waals surface area contributed by atoms with Gasteiger partial charge in [0.1, 0.15) is 5.70 Å². The van der Waals surface area contributed by atoms with Gasteiger partial charge in [0.15, 0.2) is 0 Å². The molecule has 2 aromatic rings. The number of guanidine groups is 1. The lowest BCUT2D eigenvalue weighted by Gasteiger charge is -2.15. The van der Waals surface area contributed by atoms with Crippen molar-refractivity contribution in [1.82, 2.24) is 5.32 Å². The van der Waals surface area contributed by atoms with Crippen LogP contribution in [0.3, 0.4) is 0 Å². The fourth-order valence-electron chi connectivity index (χ4n) is 2.65. The van der Waals surface area contributed by atoms with Crippen molar-refractivity contribution in [3.05, 3.63) is 71.4 Å². The predicted octanol–water partition coefficient (Wildman–Crippen LogP) is 4.13. The lowest BCUT2D eigenvalue weighted by atomic mass is 10.2.